The van der Waals surface area contributed by atoms with Crippen molar-refractivity contribution in [2.45, 2.75) is 25.2 Å². The molecule has 10 heteroatoms. The molecule has 2 atom stereocenters. The van der Waals surface area contributed by atoms with E-state index in [4.69, 9.17) is 16.3 Å². The Hall–Kier alpha value is -3.27. The fraction of sp³-hybridized carbons (Fsp3) is 0.222. The van der Waals surface area contributed by atoms with E-state index in [9.17, 15) is 23.9 Å². The van der Waals surface area contributed by atoms with E-state index in [2.05, 4.69) is 15.9 Å². The highest BCUT2D eigenvalue weighted by atomic mass is 79.9. The molecule has 0 unspecified atom stereocenters. The Morgan fingerprint density at radius 3 is 2.54 bits per heavy atom. The number of ether oxygens (including phenoxy) is 1. The zero-order valence-corrected chi connectivity index (χ0v) is 21.9. The smallest absolute Gasteiger partial charge is 0.323 e. The second kappa shape index (κ2) is 11.9. The number of amides is 2. The quantitative estimate of drug-likeness (QED) is 0.407. The molecule has 0 bridgehead atoms. The molecule has 192 valence electrons. The predicted molar refractivity (Wildman–Crippen MR) is 138 cm³/mol. The average Bonchev–Trinajstić information content (AvgIpc) is 2.86. The number of rotatable bonds is 8. The first-order valence-corrected chi connectivity index (χ1v) is 12.5. The Labute approximate surface area is 226 Å². The van der Waals surface area contributed by atoms with Crippen molar-refractivity contribution in [3.8, 4) is 0 Å². The second-order valence-electron chi connectivity index (χ2n) is 8.56. The third-order valence-electron chi connectivity index (χ3n) is 5.97. The number of benzene rings is 3. The molecule has 4 rings (SSSR count). The molecule has 1 saturated heterocycles. The van der Waals surface area contributed by atoms with E-state index >= 15 is 0 Å². The van der Waals surface area contributed by atoms with E-state index in [0.717, 1.165) is 10.5 Å². The molecule has 7 nitrogen and oxygen atoms in total. The van der Waals surface area contributed by atoms with E-state index < -0.39 is 36.4 Å². The molecule has 0 aromatic heterocycles. The molecule has 1 aliphatic rings. The lowest BCUT2D eigenvalue weighted by Gasteiger charge is -2.42. The average molecular weight is 590 g/mol. The highest BCUT2D eigenvalue weighted by molar-refractivity contribution is 9.10. The number of nitrogens with zero attached hydrogens (tertiary/aromatic N) is 2. The summed E-state index contributed by atoms with van der Waals surface area (Å²) in [6.07, 6.45) is -1.21. The van der Waals surface area contributed by atoms with Gasteiger partial charge >= 0.3 is 5.97 Å². The van der Waals surface area contributed by atoms with E-state index in [1.54, 1.807) is 54.6 Å². The van der Waals surface area contributed by atoms with Crippen LogP contribution in [0.3, 0.4) is 0 Å². The molecule has 3 aromatic carbocycles. The van der Waals surface area contributed by atoms with Gasteiger partial charge in [0, 0.05) is 28.1 Å². The summed E-state index contributed by atoms with van der Waals surface area (Å²) in [5.74, 6) is -2.84. The van der Waals surface area contributed by atoms with Crippen molar-refractivity contribution < 1.29 is 28.6 Å². The van der Waals surface area contributed by atoms with E-state index in [1.165, 1.54) is 17.0 Å². The first kappa shape index (κ1) is 26.8. The van der Waals surface area contributed by atoms with Gasteiger partial charge in [-0.3, -0.25) is 14.4 Å². The minimum Gasteiger partial charge on any atom is -0.480 e. The third kappa shape index (κ3) is 6.54. The fourth-order valence-electron chi connectivity index (χ4n) is 4.29. The van der Waals surface area contributed by atoms with Crippen molar-refractivity contribution in [1.82, 2.24) is 9.80 Å². The van der Waals surface area contributed by atoms with Crippen LogP contribution >= 0.6 is 27.5 Å². The van der Waals surface area contributed by atoms with Gasteiger partial charge in [0.05, 0.1) is 6.04 Å². The number of carboxylic acid groups (broad SMARTS) is 1. The maximum Gasteiger partial charge on any atom is 0.323 e. The number of carbonyl (C=O) groups is 3. The normalized spacial score (nSPS) is 17.5. The van der Waals surface area contributed by atoms with Crippen molar-refractivity contribution in [3.05, 3.63) is 105 Å². The van der Waals surface area contributed by atoms with Gasteiger partial charge in [0.25, 0.3) is 5.91 Å². The largest absolute Gasteiger partial charge is 0.480 e. The van der Waals surface area contributed by atoms with Gasteiger partial charge in [0.15, 0.2) is 6.10 Å². The maximum atomic E-state index is 14.6. The first-order chi connectivity index (χ1) is 17.7. The van der Waals surface area contributed by atoms with Crippen molar-refractivity contribution in [1.29, 1.82) is 0 Å². The number of hydrogen-bond acceptors (Lipinski definition) is 4. The Kier molecular flexibility index (Phi) is 8.58. The van der Waals surface area contributed by atoms with Crippen molar-refractivity contribution in [2.24, 2.45) is 0 Å². The second-order valence-corrected chi connectivity index (χ2v) is 9.91. The number of morpholine rings is 1. The predicted octanol–water partition coefficient (Wildman–Crippen LogP) is 4.82. The monoisotopic (exact) mass is 588 g/mol. The Bertz CT molecular complexity index is 1310. The Balaban J connectivity index is 1.70. The summed E-state index contributed by atoms with van der Waals surface area (Å²) in [6, 6.07) is 19.4. The van der Waals surface area contributed by atoms with Crippen LogP contribution in [-0.2, 0) is 32.2 Å². The van der Waals surface area contributed by atoms with Gasteiger partial charge in [0.1, 0.15) is 19.0 Å². The third-order valence-corrected chi connectivity index (χ3v) is 6.70. The molecule has 2 amide bonds. The van der Waals surface area contributed by atoms with Gasteiger partial charge < -0.3 is 19.6 Å². The summed E-state index contributed by atoms with van der Waals surface area (Å²) in [6.45, 7) is -1.16. The molecule has 37 heavy (non-hydrogen) atoms. The van der Waals surface area contributed by atoms with Crippen molar-refractivity contribution >= 4 is 45.3 Å². The first-order valence-electron chi connectivity index (χ1n) is 11.4. The topological polar surface area (TPSA) is 87.1 Å². The Morgan fingerprint density at radius 2 is 1.86 bits per heavy atom. The summed E-state index contributed by atoms with van der Waals surface area (Å²) >= 11 is 9.33. The van der Waals surface area contributed by atoms with Crippen molar-refractivity contribution in [3.63, 3.8) is 0 Å². The lowest BCUT2D eigenvalue weighted by Crippen LogP contribution is -2.55. The standard InChI is InChI=1S/C27H23BrClFN2O5/c28-20-10-9-19(22(30)12-20)14-31(15-24(34)35)27(36)26-25(18-6-2-1-3-7-18)32(23(33)16-37-26)13-17-5-4-8-21(29)11-17/h1-12,25-26H,13-16H2,(H,34,35)/t25-,26-/m1/s1. The number of halogens is 3. The van der Waals surface area contributed by atoms with Crippen LogP contribution in [0.25, 0.3) is 0 Å². The van der Waals surface area contributed by atoms with Crippen LogP contribution < -0.4 is 0 Å². The summed E-state index contributed by atoms with van der Waals surface area (Å²) in [7, 11) is 0. The summed E-state index contributed by atoms with van der Waals surface area (Å²) < 4.78 is 20.8. The zero-order chi connectivity index (χ0) is 26.5. The molecule has 1 heterocycles. The van der Waals surface area contributed by atoms with Crippen LogP contribution in [0.4, 0.5) is 4.39 Å². The molecular weight excluding hydrogens is 567 g/mol. The van der Waals surface area contributed by atoms with Crippen LogP contribution in [0.5, 0.6) is 0 Å². The Morgan fingerprint density at radius 1 is 1.11 bits per heavy atom. The minimum absolute atomic E-state index is 0.150. The lowest BCUT2D eigenvalue weighted by molar-refractivity contribution is -0.172. The highest BCUT2D eigenvalue weighted by Crippen LogP contribution is 2.33. The van der Waals surface area contributed by atoms with E-state index in [1.807, 2.05) is 6.07 Å². The molecule has 0 saturated carbocycles. The fourth-order valence-corrected chi connectivity index (χ4v) is 4.84. The van der Waals surface area contributed by atoms with Gasteiger partial charge in [-0.05, 0) is 35.4 Å². The zero-order valence-electron chi connectivity index (χ0n) is 19.5. The lowest BCUT2D eigenvalue weighted by atomic mass is 9.95. The molecule has 0 spiro atoms. The van der Waals surface area contributed by atoms with E-state index in [0.29, 0.717) is 15.1 Å². The van der Waals surface area contributed by atoms with Crippen LogP contribution in [-0.4, -0.2) is 51.9 Å². The number of aliphatic carboxylic acids is 1. The van der Waals surface area contributed by atoms with Crippen molar-refractivity contribution in [2.75, 3.05) is 13.2 Å². The number of carboxylic acids is 1. The van der Waals surface area contributed by atoms with Gasteiger partial charge in [0.2, 0.25) is 5.91 Å². The molecule has 3 aromatic rings. The van der Waals surface area contributed by atoms with Crippen LogP contribution in [0.15, 0.2) is 77.3 Å². The molecular formula is C27H23BrClFN2O5. The van der Waals surface area contributed by atoms with Crippen LogP contribution in [0.1, 0.15) is 22.7 Å². The SMILES string of the molecule is O=C(O)CN(Cc1ccc(Br)cc1F)C(=O)[C@@H]1OCC(=O)N(Cc2cccc(Cl)c2)[C@@H]1c1ccccc1. The summed E-state index contributed by atoms with van der Waals surface area (Å²) in [5, 5.41) is 10.0. The molecule has 1 fully saturated rings. The van der Waals surface area contributed by atoms with Gasteiger partial charge in [-0.2, -0.15) is 0 Å². The highest BCUT2D eigenvalue weighted by Gasteiger charge is 2.43. The number of hydrogen-bond donors (Lipinski definition) is 1. The minimum atomic E-state index is -1.26. The van der Waals surface area contributed by atoms with Gasteiger partial charge in [-0.25, -0.2) is 4.39 Å². The van der Waals surface area contributed by atoms with Crippen LogP contribution in [0.2, 0.25) is 5.02 Å². The van der Waals surface area contributed by atoms with Gasteiger partial charge in [-0.15, -0.1) is 0 Å². The molecule has 1 aliphatic heterocycles. The van der Waals surface area contributed by atoms with E-state index in [-0.39, 0.29) is 31.2 Å². The summed E-state index contributed by atoms with van der Waals surface area (Å²) in [5.41, 5.74) is 1.55. The van der Waals surface area contributed by atoms with Crippen LogP contribution in [0, 0.1) is 5.82 Å². The molecule has 1 N–H and O–H groups in total. The maximum absolute atomic E-state index is 14.6. The summed E-state index contributed by atoms with van der Waals surface area (Å²) in [4.78, 5) is 41.1. The molecule has 0 aliphatic carbocycles. The molecule has 0 radical (unpaired) electrons. The number of carbonyl (C=O) groups excluding carboxylic acids is 2. The van der Waals surface area contributed by atoms with Gasteiger partial charge in [-0.1, -0.05) is 76.1 Å².